The van der Waals surface area contributed by atoms with E-state index in [4.69, 9.17) is 23.6 Å². The molecule has 0 aliphatic carbocycles. The highest BCUT2D eigenvalue weighted by Gasteiger charge is 2.26. The minimum absolute atomic E-state index is 0.0500. The lowest BCUT2D eigenvalue weighted by Gasteiger charge is -2.20. The number of esters is 1. The fourth-order valence-corrected chi connectivity index (χ4v) is 9.04. The van der Waals surface area contributed by atoms with Crippen LogP contribution in [0.3, 0.4) is 0 Å². The molecule has 0 rings (SSSR count). The Balaban J connectivity index is 4.01. The van der Waals surface area contributed by atoms with Crippen molar-refractivity contribution >= 4 is 13.8 Å². The molecule has 9 nitrogen and oxygen atoms in total. The highest BCUT2D eigenvalue weighted by molar-refractivity contribution is 7.47. The first-order chi connectivity index (χ1) is 32.8. The molecule has 3 unspecified atom stereocenters. The Kier molecular flexibility index (Phi) is 53.0. The molecule has 3 atom stereocenters. The Morgan fingerprint density at radius 3 is 1.21 bits per heavy atom. The summed E-state index contributed by atoms with van der Waals surface area (Å²) in [5.41, 5.74) is 0. The van der Waals surface area contributed by atoms with Crippen LogP contribution in [0.1, 0.15) is 277 Å². The van der Waals surface area contributed by atoms with E-state index >= 15 is 0 Å². The van der Waals surface area contributed by atoms with Crippen molar-refractivity contribution in [3.63, 3.8) is 0 Å². The number of allylic oxidation sites excluding steroid dienone is 6. The molecule has 0 aromatic rings. The normalized spacial score (nSPS) is 13.9. The Labute approximate surface area is 414 Å². The van der Waals surface area contributed by atoms with E-state index in [9.17, 15) is 19.4 Å². The van der Waals surface area contributed by atoms with Crippen molar-refractivity contribution in [3.05, 3.63) is 36.5 Å². The number of ether oxygens (including phenoxy) is 2. The molecule has 0 aliphatic rings. The van der Waals surface area contributed by atoms with Crippen LogP contribution in [0.5, 0.6) is 0 Å². The predicted octanol–water partition coefficient (Wildman–Crippen LogP) is 17.1. The van der Waals surface area contributed by atoms with Crippen LogP contribution < -0.4 is 0 Å². The van der Waals surface area contributed by atoms with E-state index in [2.05, 4.69) is 50.3 Å². The fraction of sp³-hybridized carbons (Fsp3) is 0.877. The van der Waals surface area contributed by atoms with E-state index < -0.39 is 33.2 Å². The molecule has 3 N–H and O–H groups in total. The monoisotopic (exact) mass is 969 g/mol. The van der Waals surface area contributed by atoms with Crippen molar-refractivity contribution in [2.45, 2.75) is 289 Å². The van der Waals surface area contributed by atoms with Crippen molar-refractivity contribution in [2.24, 2.45) is 0 Å². The molecule has 0 spiro atoms. The van der Waals surface area contributed by atoms with Crippen molar-refractivity contribution in [3.8, 4) is 0 Å². The maximum atomic E-state index is 12.7. The van der Waals surface area contributed by atoms with Gasteiger partial charge < -0.3 is 24.6 Å². The van der Waals surface area contributed by atoms with Gasteiger partial charge in [0.25, 0.3) is 0 Å². The molecular formula is C57H109O9P. The lowest BCUT2D eigenvalue weighted by atomic mass is 10.0. The summed E-state index contributed by atoms with van der Waals surface area (Å²) in [6.07, 6.45) is 62.6. The molecule has 0 heterocycles. The molecule has 0 saturated carbocycles. The van der Waals surface area contributed by atoms with Gasteiger partial charge in [0.05, 0.1) is 26.4 Å². The molecule has 10 heteroatoms. The molecule has 396 valence electrons. The van der Waals surface area contributed by atoms with E-state index in [0.717, 1.165) is 57.8 Å². The summed E-state index contributed by atoms with van der Waals surface area (Å²) in [5.74, 6) is -0.384. The molecule has 0 aromatic carbocycles. The van der Waals surface area contributed by atoms with Crippen LogP contribution in [0.15, 0.2) is 36.5 Å². The molecule has 0 amide bonds. The zero-order chi connectivity index (χ0) is 48.8. The van der Waals surface area contributed by atoms with Gasteiger partial charge in [-0.2, -0.15) is 0 Å². The number of hydrogen-bond acceptors (Lipinski definition) is 8. The number of carbonyl (C=O) groups excluding carboxylic acids is 1. The first kappa shape index (κ1) is 65.7. The highest BCUT2D eigenvalue weighted by Crippen LogP contribution is 2.43. The Morgan fingerprint density at radius 1 is 0.463 bits per heavy atom. The minimum Gasteiger partial charge on any atom is -0.457 e. The summed E-state index contributed by atoms with van der Waals surface area (Å²) < 4.78 is 33.6. The van der Waals surface area contributed by atoms with Gasteiger partial charge in [-0.1, -0.05) is 256 Å². The maximum Gasteiger partial charge on any atom is 0.472 e. The smallest absolute Gasteiger partial charge is 0.457 e. The van der Waals surface area contributed by atoms with Crippen LogP contribution in [0.25, 0.3) is 0 Å². The zero-order valence-corrected chi connectivity index (χ0v) is 44.8. The van der Waals surface area contributed by atoms with Gasteiger partial charge in [-0.15, -0.1) is 0 Å². The van der Waals surface area contributed by atoms with Crippen molar-refractivity contribution in [1.29, 1.82) is 0 Å². The summed E-state index contributed by atoms with van der Waals surface area (Å²) in [6.45, 7) is 3.56. The first-order valence-electron chi connectivity index (χ1n) is 28.5. The number of hydrogen-bond donors (Lipinski definition) is 3. The fourth-order valence-electron chi connectivity index (χ4n) is 8.25. The number of aliphatic hydroxyl groups excluding tert-OH is 2. The Hall–Kier alpha value is -1.32. The van der Waals surface area contributed by atoms with Crippen LogP contribution in [0.4, 0.5) is 0 Å². The maximum absolute atomic E-state index is 12.7. The average molecular weight is 969 g/mol. The highest BCUT2D eigenvalue weighted by atomic mass is 31.2. The zero-order valence-electron chi connectivity index (χ0n) is 43.9. The van der Waals surface area contributed by atoms with Crippen LogP contribution in [0, 0.1) is 0 Å². The predicted molar refractivity (Wildman–Crippen MR) is 284 cm³/mol. The SMILES string of the molecule is CCCCCCC/C=C\C/C=C\C/C=C\CCCCCCCCCCC(=O)OC(COCCCCCCCCCCCCCCCCCCCCCCCCC)COP(=O)(O)OCC(O)CO. The summed E-state index contributed by atoms with van der Waals surface area (Å²) in [6, 6.07) is 0. The van der Waals surface area contributed by atoms with Gasteiger partial charge in [-0.3, -0.25) is 13.8 Å². The Morgan fingerprint density at radius 2 is 0.806 bits per heavy atom. The largest absolute Gasteiger partial charge is 0.472 e. The molecule has 0 saturated heterocycles. The molecule has 0 fully saturated rings. The molecule has 0 aliphatic heterocycles. The summed E-state index contributed by atoms with van der Waals surface area (Å²) in [4.78, 5) is 22.8. The van der Waals surface area contributed by atoms with Gasteiger partial charge >= 0.3 is 13.8 Å². The number of unbranched alkanes of at least 4 members (excludes halogenated alkanes) is 35. The first-order valence-corrected chi connectivity index (χ1v) is 30.0. The van der Waals surface area contributed by atoms with Crippen LogP contribution in [0.2, 0.25) is 0 Å². The van der Waals surface area contributed by atoms with Crippen LogP contribution >= 0.6 is 7.82 Å². The second-order valence-electron chi connectivity index (χ2n) is 19.3. The summed E-state index contributed by atoms with van der Waals surface area (Å²) in [7, 11) is -4.53. The molecule has 0 aromatic heterocycles. The molecular weight excluding hydrogens is 860 g/mol. The lowest BCUT2D eigenvalue weighted by Crippen LogP contribution is -2.29. The van der Waals surface area contributed by atoms with Crippen molar-refractivity contribution < 1.29 is 43.0 Å². The topological polar surface area (TPSA) is 132 Å². The van der Waals surface area contributed by atoms with E-state index in [0.29, 0.717) is 6.61 Å². The Bertz CT molecular complexity index is 1140. The third kappa shape index (κ3) is 53.9. The van der Waals surface area contributed by atoms with Gasteiger partial charge in [0.2, 0.25) is 0 Å². The number of phosphoric ester groups is 1. The van der Waals surface area contributed by atoms with E-state index in [1.165, 1.54) is 199 Å². The van der Waals surface area contributed by atoms with Crippen molar-refractivity contribution in [2.75, 3.05) is 33.0 Å². The van der Waals surface area contributed by atoms with Gasteiger partial charge in [-0.05, 0) is 51.4 Å². The quantitative estimate of drug-likeness (QED) is 0.0236. The van der Waals surface area contributed by atoms with E-state index in [1.54, 1.807) is 0 Å². The second-order valence-corrected chi connectivity index (χ2v) is 20.8. The minimum atomic E-state index is -4.53. The third-order valence-electron chi connectivity index (χ3n) is 12.6. The number of carbonyl (C=O) groups is 1. The van der Waals surface area contributed by atoms with Crippen LogP contribution in [-0.4, -0.2) is 66.3 Å². The second kappa shape index (κ2) is 54.0. The van der Waals surface area contributed by atoms with E-state index in [-0.39, 0.29) is 25.6 Å². The van der Waals surface area contributed by atoms with Gasteiger partial charge in [0.15, 0.2) is 0 Å². The molecule has 0 bridgehead atoms. The van der Waals surface area contributed by atoms with Gasteiger partial charge in [0.1, 0.15) is 12.2 Å². The van der Waals surface area contributed by atoms with Crippen LogP contribution in [-0.2, 0) is 27.9 Å². The molecule has 0 radical (unpaired) electrons. The number of rotatable bonds is 55. The van der Waals surface area contributed by atoms with Gasteiger partial charge in [-0.25, -0.2) is 4.57 Å². The number of aliphatic hydroxyl groups is 2. The summed E-state index contributed by atoms with van der Waals surface area (Å²) >= 11 is 0. The summed E-state index contributed by atoms with van der Waals surface area (Å²) in [5, 5.41) is 18.5. The van der Waals surface area contributed by atoms with Crippen molar-refractivity contribution in [1.82, 2.24) is 0 Å². The van der Waals surface area contributed by atoms with Gasteiger partial charge in [0, 0.05) is 13.0 Å². The third-order valence-corrected chi connectivity index (χ3v) is 13.5. The lowest BCUT2D eigenvalue weighted by molar-refractivity contribution is -0.154. The average Bonchev–Trinajstić information content (AvgIpc) is 3.32. The molecule has 67 heavy (non-hydrogen) atoms. The standard InChI is InChI=1S/C57H109O9P/c1-3-5-7-9-11-13-15-17-19-21-23-25-27-29-31-33-35-37-39-41-43-45-47-49-57(60)66-56(54-65-67(61,62)64-52-55(59)51-58)53-63-50-48-46-44-42-40-38-36-34-32-30-28-26-24-22-20-18-16-14-12-10-8-6-4-2/h15,17,21,23,27,29,55-56,58-59H,3-14,16,18-20,22,24-26,28,30-54H2,1-2H3,(H,61,62)/b17-15-,23-21-,29-27-. The van der Waals surface area contributed by atoms with E-state index in [1.807, 2.05) is 0 Å². The number of phosphoric acid groups is 1.